The summed E-state index contributed by atoms with van der Waals surface area (Å²) in [5, 5.41) is 13.7. The van der Waals surface area contributed by atoms with Gasteiger partial charge in [0.2, 0.25) is 0 Å². The number of carbonyl (C=O) groups is 1. The molecule has 5 nitrogen and oxygen atoms in total. The van der Waals surface area contributed by atoms with E-state index in [0.29, 0.717) is 17.9 Å². The van der Waals surface area contributed by atoms with E-state index >= 15 is 0 Å². The lowest BCUT2D eigenvalue weighted by atomic mass is 10.0. The quantitative estimate of drug-likeness (QED) is 0.727. The number of aliphatic hydroxyl groups is 1. The highest BCUT2D eigenvalue weighted by atomic mass is 32.2. The molecule has 138 valence electrons. The maximum atomic E-state index is 11.5. The van der Waals surface area contributed by atoms with Gasteiger partial charge in [-0.1, -0.05) is 24.3 Å². The van der Waals surface area contributed by atoms with Gasteiger partial charge in [0.05, 0.1) is 12.7 Å². The molecular formula is C20H23NO4S. The second-order valence-electron chi connectivity index (χ2n) is 6.12. The molecule has 3 rings (SSSR count). The molecule has 0 saturated carbocycles. The number of rotatable bonds is 7. The number of thioether (sulfide) groups is 1. The van der Waals surface area contributed by atoms with E-state index < -0.39 is 12.1 Å². The van der Waals surface area contributed by atoms with Crippen molar-refractivity contribution in [3.8, 4) is 5.75 Å². The Morgan fingerprint density at radius 1 is 1.31 bits per heavy atom. The lowest BCUT2D eigenvalue weighted by Crippen LogP contribution is -2.35. The molecule has 0 bridgehead atoms. The molecule has 0 unspecified atom stereocenters. The third-order valence-corrected chi connectivity index (χ3v) is 5.38. The van der Waals surface area contributed by atoms with Crippen molar-refractivity contribution in [1.29, 1.82) is 0 Å². The average Bonchev–Trinajstić information content (AvgIpc) is 2.70. The van der Waals surface area contributed by atoms with Crippen molar-refractivity contribution in [1.82, 2.24) is 5.32 Å². The third-order valence-electron chi connectivity index (χ3n) is 4.26. The van der Waals surface area contributed by atoms with Crippen LogP contribution >= 0.6 is 11.8 Å². The molecule has 2 aromatic carbocycles. The highest BCUT2D eigenvalue weighted by Gasteiger charge is 2.20. The van der Waals surface area contributed by atoms with E-state index in [9.17, 15) is 9.90 Å². The van der Waals surface area contributed by atoms with Gasteiger partial charge in [-0.25, -0.2) is 4.79 Å². The van der Waals surface area contributed by atoms with Crippen LogP contribution in [0.4, 0.5) is 0 Å². The fraction of sp³-hybridized carbons (Fsp3) is 0.350. The summed E-state index contributed by atoms with van der Waals surface area (Å²) >= 11 is 1.87. The van der Waals surface area contributed by atoms with Crippen molar-refractivity contribution in [3.63, 3.8) is 0 Å². The largest absolute Gasteiger partial charge is 0.491 e. The molecule has 0 aromatic heterocycles. The smallest absolute Gasteiger partial charge is 0.337 e. The van der Waals surface area contributed by atoms with Crippen LogP contribution in [0.5, 0.6) is 5.75 Å². The molecule has 2 aromatic rings. The Hall–Kier alpha value is -2.02. The van der Waals surface area contributed by atoms with Gasteiger partial charge < -0.3 is 19.9 Å². The molecule has 2 N–H and O–H groups in total. The Bertz CT molecular complexity index is 752. The van der Waals surface area contributed by atoms with Gasteiger partial charge in [-0.2, -0.15) is 0 Å². The number of aliphatic hydroxyl groups excluding tert-OH is 1. The van der Waals surface area contributed by atoms with Crippen molar-refractivity contribution in [2.75, 3.05) is 26.0 Å². The van der Waals surface area contributed by atoms with Gasteiger partial charge >= 0.3 is 5.97 Å². The first-order valence-electron chi connectivity index (χ1n) is 8.61. The van der Waals surface area contributed by atoms with Gasteiger partial charge in [-0.05, 0) is 42.0 Å². The molecule has 0 saturated heterocycles. The Balaban J connectivity index is 1.50. The van der Waals surface area contributed by atoms with Crippen LogP contribution < -0.4 is 10.1 Å². The number of carbonyl (C=O) groups excluding carboxylic acids is 1. The highest BCUT2D eigenvalue weighted by molar-refractivity contribution is 7.99. The van der Waals surface area contributed by atoms with Crippen LogP contribution in [0.15, 0.2) is 53.4 Å². The van der Waals surface area contributed by atoms with Crippen LogP contribution in [0.1, 0.15) is 28.4 Å². The highest BCUT2D eigenvalue weighted by Crippen LogP contribution is 2.35. The van der Waals surface area contributed by atoms with Crippen LogP contribution in [0.3, 0.4) is 0 Å². The number of benzene rings is 2. The molecule has 6 heteroatoms. The van der Waals surface area contributed by atoms with Gasteiger partial charge in [0.15, 0.2) is 0 Å². The van der Waals surface area contributed by atoms with Crippen LogP contribution in [0.2, 0.25) is 0 Å². The Morgan fingerprint density at radius 2 is 2.15 bits per heavy atom. The molecule has 0 spiro atoms. The molecule has 2 atom stereocenters. The van der Waals surface area contributed by atoms with Gasteiger partial charge in [0, 0.05) is 17.5 Å². The van der Waals surface area contributed by atoms with Gasteiger partial charge in [-0.3, -0.25) is 0 Å². The van der Waals surface area contributed by atoms with Crippen molar-refractivity contribution >= 4 is 17.7 Å². The van der Waals surface area contributed by atoms with E-state index in [4.69, 9.17) is 9.47 Å². The van der Waals surface area contributed by atoms with E-state index in [1.807, 2.05) is 17.8 Å². The topological polar surface area (TPSA) is 67.8 Å². The SMILES string of the molecule is COC(=O)c1cccc(OC[C@H](O)CN[C@H]2CCSc3ccccc32)c1. The number of hydrogen-bond acceptors (Lipinski definition) is 6. The summed E-state index contributed by atoms with van der Waals surface area (Å²) in [6, 6.07) is 15.4. The number of fused-ring (bicyclic) bond motifs is 1. The summed E-state index contributed by atoms with van der Waals surface area (Å²) in [4.78, 5) is 12.9. The monoisotopic (exact) mass is 373 g/mol. The normalized spacial score (nSPS) is 17.2. The third kappa shape index (κ3) is 4.78. The van der Waals surface area contributed by atoms with E-state index in [-0.39, 0.29) is 12.6 Å². The fourth-order valence-corrected chi connectivity index (χ4v) is 4.04. The van der Waals surface area contributed by atoms with Crippen LogP contribution in [0.25, 0.3) is 0 Å². The van der Waals surface area contributed by atoms with Gasteiger partial charge in [0.25, 0.3) is 0 Å². The standard InChI is InChI=1S/C20H23NO4S/c1-24-20(23)14-5-4-6-16(11-14)25-13-15(22)12-21-18-9-10-26-19-8-3-2-7-17(18)19/h2-8,11,15,18,21-22H,9-10,12-13H2,1H3/t15-,18+/m1/s1. The number of methoxy groups -OCH3 is 1. The minimum absolute atomic E-state index is 0.154. The zero-order chi connectivity index (χ0) is 18.4. The first-order valence-corrected chi connectivity index (χ1v) is 9.60. The zero-order valence-electron chi connectivity index (χ0n) is 14.7. The first-order chi connectivity index (χ1) is 12.7. The lowest BCUT2D eigenvalue weighted by molar-refractivity contribution is 0.0600. The molecule has 0 radical (unpaired) electrons. The van der Waals surface area contributed by atoms with Gasteiger partial charge in [-0.15, -0.1) is 11.8 Å². The van der Waals surface area contributed by atoms with Crippen LogP contribution in [-0.2, 0) is 4.74 Å². The maximum absolute atomic E-state index is 11.5. The van der Waals surface area contributed by atoms with Crippen LogP contribution in [0, 0.1) is 0 Å². The molecule has 0 fully saturated rings. The fourth-order valence-electron chi connectivity index (χ4n) is 2.91. The van der Waals surface area contributed by atoms with E-state index in [1.54, 1.807) is 24.3 Å². The number of nitrogens with one attached hydrogen (secondary N) is 1. The minimum Gasteiger partial charge on any atom is -0.491 e. The van der Waals surface area contributed by atoms with Crippen LogP contribution in [-0.4, -0.2) is 43.2 Å². The summed E-state index contributed by atoms with van der Waals surface area (Å²) in [6.45, 7) is 0.598. The number of esters is 1. The molecule has 26 heavy (non-hydrogen) atoms. The Labute approximate surface area is 157 Å². The second-order valence-corrected chi connectivity index (χ2v) is 7.26. The average molecular weight is 373 g/mol. The van der Waals surface area contributed by atoms with Crippen molar-refractivity contribution in [2.24, 2.45) is 0 Å². The second kappa shape index (κ2) is 9.07. The Morgan fingerprint density at radius 3 is 3.00 bits per heavy atom. The van der Waals surface area contributed by atoms with Crippen molar-refractivity contribution in [3.05, 3.63) is 59.7 Å². The summed E-state index contributed by atoms with van der Waals surface area (Å²) in [5.41, 5.74) is 1.72. The van der Waals surface area contributed by atoms with Crippen molar-refractivity contribution < 1.29 is 19.4 Å². The molecule has 1 heterocycles. The summed E-state index contributed by atoms with van der Waals surface area (Å²) < 4.78 is 10.3. The zero-order valence-corrected chi connectivity index (χ0v) is 15.5. The maximum Gasteiger partial charge on any atom is 0.337 e. The predicted molar refractivity (Wildman–Crippen MR) is 102 cm³/mol. The van der Waals surface area contributed by atoms with Gasteiger partial charge in [0.1, 0.15) is 18.5 Å². The van der Waals surface area contributed by atoms with Crippen molar-refractivity contribution in [2.45, 2.75) is 23.5 Å². The van der Waals surface area contributed by atoms with E-state index in [1.165, 1.54) is 17.6 Å². The summed E-state index contributed by atoms with van der Waals surface area (Å²) in [5.74, 6) is 1.19. The first kappa shape index (κ1) is 18.8. The number of hydrogen-bond donors (Lipinski definition) is 2. The Kier molecular flexibility index (Phi) is 6.55. The summed E-state index contributed by atoms with van der Waals surface area (Å²) in [7, 11) is 1.34. The molecule has 0 aliphatic carbocycles. The van der Waals surface area contributed by atoms with E-state index in [2.05, 4.69) is 23.5 Å². The minimum atomic E-state index is -0.640. The number of ether oxygens (including phenoxy) is 2. The predicted octanol–water partition coefficient (Wildman–Crippen LogP) is 3.04. The molecule has 0 amide bonds. The lowest BCUT2D eigenvalue weighted by Gasteiger charge is -2.27. The molecular weight excluding hydrogens is 350 g/mol. The summed E-state index contributed by atoms with van der Waals surface area (Å²) in [6.07, 6.45) is 0.398. The molecule has 1 aliphatic rings. The molecule has 1 aliphatic heterocycles. The van der Waals surface area contributed by atoms with E-state index in [0.717, 1.165) is 12.2 Å².